The molecule has 0 N–H and O–H groups in total. The van der Waals surface area contributed by atoms with Crippen LogP contribution in [0.25, 0.3) is 0 Å². The van der Waals surface area contributed by atoms with Gasteiger partial charge in [-0.15, -0.1) is 23.2 Å². The molecule has 0 saturated heterocycles. The number of carbonyl (C=O) groups excluding carboxylic acids is 1. The summed E-state index contributed by atoms with van der Waals surface area (Å²) >= 11 is 10.6. The molecule has 0 fully saturated rings. The van der Waals surface area contributed by atoms with Gasteiger partial charge < -0.3 is 4.74 Å². The van der Waals surface area contributed by atoms with Gasteiger partial charge in [0.1, 0.15) is 4.84 Å². The fraction of sp³-hybridized carbons (Fsp3) is 0.833. The summed E-state index contributed by atoms with van der Waals surface area (Å²) in [7, 11) is 0. The normalized spacial score (nSPS) is 11.8. The van der Waals surface area contributed by atoms with Crippen LogP contribution >= 0.6 is 23.2 Å². The third-order valence-corrected chi connectivity index (χ3v) is 1.47. The highest BCUT2D eigenvalue weighted by atomic mass is 35.5. The first-order valence-electron chi connectivity index (χ1n) is 3.36. The molecular formula is C6H7Cl2F3O2. The van der Waals surface area contributed by atoms with Gasteiger partial charge in [-0.2, -0.15) is 13.2 Å². The van der Waals surface area contributed by atoms with E-state index in [1.165, 1.54) is 0 Å². The lowest BCUT2D eigenvalue weighted by Gasteiger charge is -2.06. The second kappa shape index (κ2) is 5.54. The van der Waals surface area contributed by atoms with Gasteiger partial charge in [0.2, 0.25) is 0 Å². The zero-order valence-electron chi connectivity index (χ0n) is 6.40. The Morgan fingerprint density at radius 2 is 1.92 bits per heavy atom. The minimum absolute atomic E-state index is 0.208. The Balaban J connectivity index is 3.49. The Hall–Kier alpha value is -0.160. The van der Waals surface area contributed by atoms with Gasteiger partial charge in [-0.1, -0.05) is 0 Å². The maximum Gasteiger partial charge on any atom is 0.490 e. The standard InChI is InChI=1S/C6H7Cl2F3O2/c7-4(8)2-1-3-13-5(12)6(9,10)11/h4H,1-3H2. The molecule has 0 saturated carbocycles. The van der Waals surface area contributed by atoms with Gasteiger partial charge in [0.05, 0.1) is 6.61 Å². The van der Waals surface area contributed by atoms with Crippen LogP contribution in [0.2, 0.25) is 0 Å². The predicted octanol–water partition coefficient (Wildman–Crippen LogP) is 2.68. The highest BCUT2D eigenvalue weighted by Gasteiger charge is 2.40. The molecule has 2 nitrogen and oxygen atoms in total. The molecule has 0 aromatic rings. The summed E-state index contributed by atoms with van der Waals surface area (Å²) in [6.45, 7) is -0.325. The van der Waals surface area contributed by atoms with Crippen molar-refractivity contribution in [3.05, 3.63) is 0 Å². The Morgan fingerprint density at radius 1 is 1.38 bits per heavy atom. The Labute approximate surface area is 82.9 Å². The lowest BCUT2D eigenvalue weighted by atomic mass is 10.3. The Morgan fingerprint density at radius 3 is 2.31 bits per heavy atom. The molecule has 0 aromatic carbocycles. The first-order chi connectivity index (χ1) is 5.84. The van der Waals surface area contributed by atoms with Gasteiger partial charge in [-0.25, -0.2) is 4.79 Å². The monoisotopic (exact) mass is 238 g/mol. The second-order valence-electron chi connectivity index (χ2n) is 2.17. The largest absolute Gasteiger partial charge is 0.490 e. The molecule has 7 heteroatoms. The second-order valence-corrected chi connectivity index (χ2v) is 3.44. The number of hydrogen-bond donors (Lipinski definition) is 0. The van der Waals surface area contributed by atoms with E-state index in [0.717, 1.165) is 0 Å². The highest BCUT2D eigenvalue weighted by molar-refractivity contribution is 6.44. The topological polar surface area (TPSA) is 26.3 Å². The number of hydrogen-bond acceptors (Lipinski definition) is 2. The van der Waals surface area contributed by atoms with Crippen LogP contribution in [0.5, 0.6) is 0 Å². The number of rotatable bonds is 4. The lowest BCUT2D eigenvalue weighted by molar-refractivity contribution is -0.199. The SMILES string of the molecule is O=C(OCCCC(Cl)Cl)C(F)(F)F. The first-order valence-corrected chi connectivity index (χ1v) is 4.23. The summed E-state index contributed by atoms with van der Waals surface area (Å²) in [5.74, 6) is -2.19. The fourth-order valence-electron chi connectivity index (χ4n) is 0.484. The van der Waals surface area contributed by atoms with Gasteiger partial charge >= 0.3 is 12.1 Å². The van der Waals surface area contributed by atoms with E-state index in [4.69, 9.17) is 23.2 Å². The van der Waals surface area contributed by atoms with E-state index in [-0.39, 0.29) is 19.4 Å². The average Bonchev–Trinajstić information content (AvgIpc) is 1.95. The van der Waals surface area contributed by atoms with Crippen LogP contribution in [0.4, 0.5) is 13.2 Å². The van der Waals surface area contributed by atoms with Crippen molar-refractivity contribution in [2.24, 2.45) is 0 Å². The van der Waals surface area contributed by atoms with Crippen molar-refractivity contribution < 1.29 is 22.7 Å². The van der Waals surface area contributed by atoms with Crippen molar-refractivity contribution in [1.82, 2.24) is 0 Å². The molecule has 0 aliphatic rings. The predicted molar refractivity (Wildman–Crippen MR) is 41.7 cm³/mol. The van der Waals surface area contributed by atoms with Crippen LogP contribution in [-0.4, -0.2) is 23.6 Å². The molecule has 0 aliphatic carbocycles. The van der Waals surface area contributed by atoms with Gasteiger partial charge in [0.15, 0.2) is 0 Å². The smallest absolute Gasteiger partial charge is 0.459 e. The van der Waals surface area contributed by atoms with E-state index in [2.05, 4.69) is 4.74 Å². The third-order valence-electron chi connectivity index (χ3n) is 1.03. The van der Waals surface area contributed by atoms with E-state index in [1.807, 2.05) is 0 Å². The Kier molecular flexibility index (Phi) is 5.48. The van der Waals surface area contributed by atoms with E-state index in [1.54, 1.807) is 0 Å². The maximum atomic E-state index is 11.5. The molecule has 0 spiro atoms. The lowest BCUT2D eigenvalue weighted by Crippen LogP contribution is -2.25. The third kappa shape index (κ3) is 6.95. The van der Waals surface area contributed by atoms with Crippen LogP contribution in [0.15, 0.2) is 0 Å². The zero-order chi connectivity index (χ0) is 10.5. The molecule has 0 rings (SSSR count). The van der Waals surface area contributed by atoms with Crippen molar-refractivity contribution in [2.45, 2.75) is 23.9 Å². The van der Waals surface area contributed by atoms with Crippen molar-refractivity contribution >= 4 is 29.2 Å². The molecule has 13 heavy (non-hydrogen) atoms. The summed E-state index contributed by atoms with van der Waals surface area (Å²) < 4.78 is 38.4. The molecule has 78 valence electrons. The van der Waals surface area contributed by atoms with E-state index in [0.29, 0.717) is 0 Å². The Bertz CT molecular complexity index is 170. The van der Waals surface area contributed by atoms with Crippen molar-refractivity contribution in [2.75, 3.05) is 6.61 Å². The van der Waals surface area contributed by atoms with Crippen LogP contribution in [-0.2, 0) is 9.53 Å². The minimum atomic E-state index is -4.93. The number of halogens is 5. The molecular weight excluding hydrogens is 232 g/mol. The van der Waals surface area contributed by atoms with Crippen LogP contribution in [0.3, 0.4) is 0 Å². The summed E-state index contributed by atoms with van der Waals surface area (Å²) in [6.07, 6.45) is -4.44. The molecule has 0 heterocycles. The van der Waals surface area contributed by atoms with Crippen molar-refractivity contribution in [3.63, 3.8) is 0 Å². The molecule has 0 amide bonds. The van der Waals surface area contributed by atoms with Crippen molar-refractivity contribution in [3.8, 4) is 0 Å². The van der Waals surface area contributed by atoms with Gasteiger partial charge in [0.25, 0.3) is 0 Å². The average molecular weight is 239 g/mol. The summed E-state index contributed by atoms with van der Waals surface area (Å²) in [5, 5.41) is 0. The van der Waals surface area contributed by atoms with Crippen molar-refractivity contribution in [1.29, 1.82) is 0 Å². The molecule has 0 atom stereocenters. The van der Waals surface area contributed by atoms with E-state index < -0.39 is 17.0 Å². The number of alkyl halides is 5. The summed E-state index contributed by atoms with van der Waals surface area (Å²) in [5.41, 5.74) is 0. The summed E-state index contributed by atoms with van der Waals surface area (Å²) in [4.78, 5) is 9.45. The highest BCUT2D eigenvalue weighted by Crippen LogP contribution is 2.17. The van der Waals surface area contributed by atoms with Crippen LogP contribution in [0.1, 0.15) is 12.8 Å². The number of esters is 1. The van der Waals surface area contributed by atoms with Gasteiger partial charge in [-0.3, -0.25) is 0 Å². The zero-order valence-corrected chi connectivity index (χ0v) is 7.92. The summed E-state index contributed by atoms with van der Waals surface area (Å²) in [6, 6.07) is 0. The van der Waals surface area contributed by atoms with Crippen LogP contribution in [0, 0.1) is 0 Å². The minimum Gasteiger partial charge on any atom is -0.459 e. The fourth-order valence-corrected chi connectivity index (χ4v) is 0.793. The van der Waals surface area contributed by atoms with Crippen LogP contribution < -0.4 is 0 Å². The molecule has 0 radical (unpaired) electrons. The molecule has 0 aliphatic heterocycles. The van der Waals surface area contributed by atoms with E-state index in [9.17, 15) is 18.0 Å². The number of carbonyl (C=O) groups is 1. The first kappa shape index (κ1) is 12.8. The van der Waals surface area contributed by atoms with Gasteiger partial charge in [-0.05, 0) is 12.8 Å². The molecule has 0 unspecified atom stereocenters. The van der Waals surface area contributed by atoms with Gasteiger partial charge in [0, 0.05) is 0 Å². The molecule has 0 aromatic heterocycles. The van der Waals surface area contributed by atoms with E-state index >= 15 is 0 Å². The maximum absolute atomic E-state index is 11.5. The molecule has 0 bridgehead atoms. The number of ether oxygens (including phenoxy) is 1. The quantitative estimate of drug-likeness (QED) is 0.428.